The lowest BCUT2D eigenvalue weighted by Crippen LogP contribution is -2.60. The molecular formula is C22H36B2N8+2. The van der Waals surface area contributed by atoms with Crippen molar-refractivity contribution in [1.82, 2.24) is 18.3 Å². The van der Waals surface area contributed by atoms with Crippen molar-refractivity contribution in [3.05, 3.63) is 70.9 Å². The molecule has 0 radical (unpaired) electrons. The number of imidazole rings is 4. The molecule has 0 N–H and O–H groups in total. The molecule has 0 atom stereocenters. The third-order valence-electron chi connectivity index (χ3n) is 8.66. The Morgan fingerprint density at radius 2 is 0.688 bits per heavy atom. The molecule has 5 rings (SSSR count). The van der Waals surface area contributed by atoms with Crippen molar-refractivity contribution < 1.29 is 17.9 Å². The molecule has 8 bridgehead atoms. The summed E-state index contributed by atoms with van der Waals surface area (Å²) < 4.78 is 19.6. The quantitative estimate of drug-likeness (QED) is 0.270. The molecule has 0 aromatic carbocycles. The van der Waals surface area contributed by atoms with Crippen LogP contribution in [0.3, 0.4) is 0 Å². The predicted octanol–water partition coefficient (Wildman–Crippen LogP) is -1.37. The molecule has 0 fully saturated rings. The van der Waals surface area contributed by atoms with Crippen LogP contribution in [0.15, 0.2) is 25.3 Å². The predicted molar refractivity (Wildman–Crippen MR) is 126 cm³/mol. The molecule has 10 heteroatoms. The number of nitrogens with zero attached hydrogens (tertiary/aromatic N) is 8. The lowest BCUT2D eigenvalue weighted by molar-refractivity contribution is -0.666. The van der Waals surface area contributed by atoms with Gasteiger partial charge in [-0.1, -0.05) is 0 Å². The van der Waals surface area contributed by atoms with E-state index in [4.69, 9.17) is 0 Å². The Morgan fingerprint density at radius 1 is 0.469 bits per heavy atom. The molecule has 4 aromatic rings. The van der Waals surface area contributed by atoms with E-state index in [1.807, 2.05) is 0 Å². The van der Waals surface area contributed by atoms with Crippen molar-refractivity contribution >= 4 is 15.1 Å². The van der Waals surface area contributed by atoms with Crippen LogP contribution < -0.4 is 17.9 Å². The Hall–Kier alpha value is -3.03. The van der Waals surface area contributed by atoms with E-state index in [1.165, 1.54) is 45.6 Å². The van der Waals surface area contributed by atoms with Crippen molar-refractivity contribution in [3.8, 4) is 0 Å². The van der Waals surface area contributed by atoms with Crippen molar-refractivity contribution in [1.29, 1.82) is 0 Å². The molecule has 0 aliphatic carbocycles. The zero-order valence-electron chi connectivity index (χ0n) is 21.3. The lowest BCUT2D eigenvalue weighted by atomic mass is 10.1. The highest BCUT2D eigenvalue weighted by molar-refractivity contribution is 6.12. The van der Waals surface area contributed by atoms with E-state index in [-0.39, 0.29) is 0 Å². The summed E-state index contributed by atoms with van der Waals surface area (Å²) >= 11 is 0. The summed E-state index contributed by atoms with van der Waals surface area (Å²) in [5.74, 6) is 0. The number of hydrogen-bond donors (Lipinski definition) is 0. The average Bonchev–Trinajstić information content (AvgIpc) is 3.37. The fourth-order valence-corrected chi connectivity index (χ4v) is 5.55. The Kier molecular flexibility index (Phi) is 4.72. The molecular weight excluding hydrogens is 398 g/mol. The topological polar surface area (TPSA) is 35.2 Å². The fourth-order valence-electron chi connectivity index (χ4n) is 5.55. The monoisotopic (exact) mass is 434 g/mol. The summed E-state index contributed by atoms with van der Waals surface area (Å²) in [5.41, 5.74) is 10.8. The van der Waals surface area contributed by atoms with Gasteiger partial charge in [0.2, 0.25) is 38.6 Å². The largest absolute Gasteiger partial charge is 0.396 e. The molecule has 0 saturated carbocycles. The summed E-state index contributed by atoms with van der Waals surface area (Å²) in [6.45, 7) is 19.7. The summed E-state index contributed by atoms with van der Waals surface area (Å²) in [6, 6.07) is 0. The van der Waals surface area contributed by atoms with E-state index in [1.54, 1.807) is 0 Å². The molecule has 4 aromatic heterocycles. The molecule has 32 heavy (non-hydrogen) atoms. The van der Waals surface area contributed by atoms with Gasteiger partial charge in [0.25, 0.3) is 0 Å². The van der Waals surface area contributed by atoms with Gasteiger partial charge in [0.1, 0.15) is 22.8 Å². The summed E-state index contributed by atoms with van der Waals surface area (Å²) in [6.07, 6.45) is 9.30. The molecule has 168 valence electrons. The zero-order valence-corrected chi connectivity index (χ0v) is 21.3. The number of hydrogen-bond acceptors (Lipinski definition) is 0. The van der Waals surface area contributed by atoms with Gasteiger partial charge in [-0.2, -0.15) is 18.3 Å². The van der Waals surface area contributed by atoms with Gasteiger partial charge < -0.3 is 17.9 Å². The minimum Gasteiger partial charge on any atom is -0.396 e. The van der Waals surface area contributed by atoms with E-state index < -0.39 is 15.1 Å². The van der Waals surface area contributed by atoms with E-state index >= 15 is 0 Å². The Labute approximate surface area is 191 Å². The van der Waals surface area contributed by atoms with Crippen molar-refractivity contribution in [2.75, 3.05) is 0 Å². The van der Waals surface area contributed by atoms with Crippen LogP contribution in [-0.2, 0) is 13.3 Å². The van der Waals surface area contributed by atoms with Crippen molar-refractivity contribution in [2.45, 2.75) is 68.7 Å². The average molecular weight is 434 g/mol. The first kappa shape index (κ1) is 20.8. The van der Waals surface area contributed by atoms with Gasteiger partial charge in [-0.15, -0.1) is 0 Å². The Morgan fingerprint density at radius 3 is 0.906 bits per heavy atom. The standard InChI is InChI=1S/C22H36B2N8/c1-15-19(5)29-11-25(15)9-26-12-31(20(6)16(26)2)24-32-14-28(18(4)22(32)8)10-27-13-30(23-29)21(7)17(27)3/h11-14H,9-10,23-24H2,1-8H3/q+2. The minimum absolute atomic E-state index is 0.555. The highest BCUT2D eigenvalue weighted by Gasteiger charge is 2.24. The SMILES string of the molecule is Cc1c(C)[n+]2cn1Cn1c[n+](c(C)c1C)[BH2-][n+]1cn(c(C)c1C)Cn1c[n+](c(C)c1C)[BH2-]2. The summed E-state index contributed by atoms with van der Waals surface area (Å²) in [4.78, 5) is 0. The second kappa shape index (κ2) is 7.25. The smallest absolute Gasteiger partial charge is 0.356 e. The number of rotatable bonds is 0. The van der Waals surface area contributed by atoms with Crippen LogP contribution in [0.4, 0.5) is 0 Å². The second-order valence-corrected chi connectivity index (χ2v) is 10.2. The summed E-state index contributed by atoms with van der Waals surface area (Å²) in [5, 5.41) is 0. The van der Waals surface area contributed by atoms with Gasteiger partial charge in [0.05, 0.1) is 22.8 Å². The Balaban J connectivity index is 1.70. The maximum Gasteiger partial charge on any atom is 0.356 e. The van der Waals surface area contributed by atoms with Crippen LogP contribution in [0, 0.1) is 55.4 Å². The van der Waals surface area contributed by atoms with Crippen LogP contribution in [0.2, 0.25) is 0 Å². The van der Waals surface area contributed by atoms with Crippen LogP contribution in [0.5, 0.6) is 0 Å². The van der Waals surface area contributed by atoms with Gasteiger partial charge in [0.15, 0.2) is 0 Å². The molecule has 0 saturated heterocycles. The number of fused-ring (bicyclic) bond motifs is 8. The van der Waals surface area contributed by atoms with Crippen molar-refractivity contribution in [2.24, 2.45) is 0 Å². The first-order chi connectivity index (χ1) is 15.2. The third kappa shape index (κ3) is 3.07. The van der Waals surface area contributed by atoms with E-state index in [9.17, 15) is 0 Å². The second-order valence-electron chi connectivity index (χ2n) is 10.2. The van der Waals surface area contributed by atoms with Crippen LogP contribution >= 0.6 is 0 Å². The van der Waals surface area contributed by atoms with Crippen molar-refractivity contribution in [3.63, 3.8) is 0 Å². The van der Waals surface area contributed by atoms with Gasteiger partial charge in [0, 0.05) is 27.7 Å². The fraction of sp³-hybridized carbons (Fsp3) is 0.455. The highest BCUT2D eigenvalue weighted by Crippen LogP contribution is 2.10. The van der Waals surface area contributed by atoms with Gasteiger partial charge in [-0.3, -0.25) is 0 Å². The molecule has 1 aliphatic heterocycles. The van der Waals surface area contributed by atoms with Crippen LogP contribution in [0.25, 0.3) is 0 Å². The van der Waals surface area contributed by atoms with E-state index in [2.05, 4.69) is 117 Å². The normalized spacial score (nSPS) is 13.8. The molecule has 0 spiro atoms. The highest BCUT2D eigenvalue weighted by atomic mass is 15.3. The molecule has 5 heterocycles. The number of aromatic nitrogens is 8. The third-order valence-corrected chi connectivity index (χ3v) is 8.66. The van der Waals surface area contributed by atoms with Crippen LogP contribution in [-0.4, -0.2) is 33.4 Å². The minimum atomic E-state index is -0.555. The summed E-state index contributed by atoms with van der Waals surface area (Å²) in [7, 11) is -1.11. The lowest BCUT2D eigenvalue weighted by Gasteiger charge is -2.05. The van der Waals surface area contributed by atoms with Gasteiger partial charge >= 0.3 is 15.1 Å². The van der Waals surface area contributed by atoms with Gasteiger partial charge in [-0.05, 0) is 27.7 Å². The molecule has 0 amide bonds. The maximum atomic E-state index is 2.49. The molecule has 8 nitrogen and oxygen atoms in total. The maximum absolute atomic E-state index is 2.49. The zero-order chi connectivity index (χ0) is 22.9. The molecule has 1 aliphatic rings. The van der Waals surface area contributed by atoms with E-state index in [0.29, 0.717) is 0 Å². The van der Waals surface area contributed by atoms with E-state index in [0.717, 1.165) is 13.3 Å². The van der Waals surface area contributed by atoms with Gasteiger partial charge in [-0.25, -0.2) is 0 Å². The Bertz CT molecular complexity index is 1070. The molecule has 0 unspecified atom stereocenters. The van der Waals surface area contributed by atoms with Crippen LogP contribution in [0.1, 0.15) is 45.6 Å². The first-order valence-corrected chi connectivity index (χ1v) is 11.9. The first-order valence-electron chi connectivity index (χ1n) is 11.9.